The molecule has 0 amide bonds. The van der Waals surface area contributed by atoms with Gasteiger partial charge in [0.05, 0.1) is 5.69 Å². The molecule has 5 nitrogen and oxygen atoms in total. The van der Waals surface area contributed by atoms with Gasteiger partial charge in [-0.05, 0) is 25.3 Å². The molecule has 0 aliphatic rings. The van der Waals surface area contributed by atoms with Gasteiger partial charge >= 0.3 is 0 Å². The highest BCUT2D eigenvalue weighted by Gasteiger charge is 2.12. The summed E-state index contributed by atoms with van der Waals surface area (Å²) in [7, 11) is 0. The van der Waals surface area contributed by atoms with Gasteiger partial charge in [0.2, 0.25) is 0 Å². The number of nitrogens with zero attached hydrogens (tertiary/aromatic N) is 3. The summed E-state index contributed by atoms with van der Waals surface area (Å²) < 4.78 is 1.60. The molecule has 3 heterocycles. The Morgan fingerprint density at radius 1 is 1.41 bits per heavy atom. The molecule has 0 radical (unpaired) electrons. The zero-order chi connectivity index (χ0) is 12.0. The van der Waals surface area contributed by atoms with E-state index in [0.29, 0.717) is 17.0 Å². The molecule has 0 aliphatic heterocycles. The van der Waals surface area contributed by atoms with Gasteiger partial charge in [-0.1, -0.05) is 0 Å². The number of hydrogen-bond acceptors (Lipinski definition) is 4. The summed E-state index contributed by atoms with van der Waals surface area (Å²) in [5.41, 5.74) is 1.98. The van der Waals surface area contributed by atoms with Crippen molar-refractivity contribution in [3.8, 4) is 11.4 Å². The van der Waals surface area contributed by atoms with E-state index in [1.54, 1.807) is 15.9 Å². The fraction of sp³-hybridized carbons (Fsp3) is 0.182. The van der Waals surface area contributed by atoms with E-state index in [1.165, 1.54) is 0 Å². The third-order valence-corrected chi connectivity index (χ3v) is 3.32. The molecule has 0 bridgehead atoms. The molecule has 0 unspecified atom stereocenters. The average molecular weight is 246 g/mol. The van der Waals surface area contributed by atoms with E-state index in [9.17, 15) is 4.79 Å². The number of thiophene rings is 1. The minimum Gasteiger partial charge on any atom is -0.303 e. The van der Waals surface area contributed by atoms with E-state index in [1.807, 2.05) is 30.7 Å². The van der Waals surface area contributed by atoms with Gasteiger partial charge in [-0.3, -0.25) is 4.79 Å². The van der Waals surface area contributed by atoms with Gasteiger partial charge in [0, 0.05) is 10.9 Å². The van der Waals surface area contributed by atoms with Gasteiger partial charge in [-0.25, -0.2) is 9.50 Å². The minimum atomic E-state index is -0.153. The largest absolute Gasteiger partial charge is 0.303 e. The first-order valence-corrected chi connectivity index (χ1v) is 6.10. The number of aromatic amines is 1. The zero-order valence-corrected chi connectivity index (χ0v) is 10.2. The molecule has 3 aromatic rings. The summed E-state index contributed by atoms with van der Waals surface area (Å²) in [6.45, 7) is 3.65. The molecule has 0 aliphatic carbocycles. The lowest BCUT2D eigenvalue weighted by atomic mass is 10.3. The lowest BCUT2D eigenvalue weighted by Crippen LogP contribution is -2.14. The molecule has 0 aromatic carbocycles. The van der Waals surface area contributed by atoms with Crippen LogP contribution in [0.2, 0.25) is 0 Å². The number of aromatic nitrogens is 4. The Morgan fingerprint density at radius 2 is 2.24 bits per heavy atom. The normalized spacial score (nSPS) is 11.2. The maximum absolute atomic E-state index is 12.0. The first-order chi connectivity index (χ1) is 8.16. The van der Waals surface area contributed by atoms with Gasteiger partial charge in [-0.2, -0.15) is 11.3 Å². The molecule has 3 rings (SSSR count). The van der Waals surface area contributed by atoms with E-state index in [-0.39, 0.29) is 5.56 Å². The minimum absolute atomic E-state index is 0.153. The van der Waals surface area contributed by atoms with E-state index >= 15 is 0 Å². The maximum Gasteiger partial charge on any atom is 0.277 e. The standard InChI is InChI=1S/C11H10N4OS/c1-6-9-11(16)13-10(8-3-4-17-5-8)14-15(9)7(2)12-6/h3-5H,1-2H3,(H,13,14,16). The van der Waals surface area contributed by atoms with Crippen LogP contribution in [0, 0.1) is 13.8 Å². The number of aryl methyl sites for hydroxylation is 2. The van der Waals surface area contributed by atoms with Gasteiger partial charge in [0.15, 0.2) is 11.3 Å². The predicted octanol–water partition coefficient (Wildman–Crippen LogP) is 1.76. The molecule has 0 fully saturated rings. The molecule has 17 heavy (non-hydrogen) atoms. The van der Waals surface area contributed by atoms with Crippen LogP contribution >= 0.6 is 11.3 Å². The number of rotatable bonds is 1. The van der Waals surface area contributed by atoms with Crippen molar-refractivity contribution in [1.82, 2.24) is 19.6 Å². The first kappa shape index (κ1) is 10.2. The van der Waals surface area contributed by atoms with Crippen molar-refractivity contribution in [2.75, 3.05) is 0 Å². The van der Waals surface area contributed by atoms with E-state index in [4.69, 9.17) is 0 Å². The third kappa shape index (κ3) is 1.49. The molecule has 0 spiro atoms. The van der Waals surface area contributed by atoms with Crippen molar-refractivity contribution < 1.29 is 0 Å². The fourth-order valence-corrected chi connectivity index (χ4v) is 2.50. The number of fused-ring (bicyclic) bond motifs is 1. The summed E-state index contributed by atoms with van der Waals surface area (Å²) in [6.07, 6.45) is 0. The number of hydrogen-bond donors (Lipinski definition) is 1. The second-order valence-corrected chi connectivity index (χ2v) is 4.60. The van der Waals surface area contributed by atoms with Gasteiger partial charge in [0.25, 0.3) is 5.56 Å². The van der Waals surface area contributed by atoms with E-state index in [0.717, 1.165) is 11.4 Å². The Morgan fingerprint density at radius 3 is 2.94 bits per heavy atom. The summed E-state index contributed by atoms with van der Waals surface area (Å²) in [6, 6.07) is 1.92. The van der Waals surface area contributed by atoms with Crippen molar-refractivity contribution in [2.24, 2.45) is 0 Å². The predicted molar refractivity (Wildman–Crippen MR) is 66.4 cm³/mol. The molecular formula is C11H10N4OS. The summed E-state index contributed by atoms with van der Waals surface area (Å²) in [5, 5.41) is 8.30. The van der Waals surface area contributed by atoms with Crippen LogP contribution in [0.4, 0.5) is 0 Å². The first-order valence-electron chi connectivity index (χ1n) is 5.15. The van der Waals surface area contributed by atoms with Crippen molar-refractivity contribution in [3.63, 3.8) is 0 Å². The molecule has 0 saturated carbocycles. The second-order valence-electron chi connectivity index (χ2n) is 3.82. The van der Waals surface area contributed by atoms with E-state index in [2.05, 4.69) is 15.1 Å². The van der Waals surface area contributed by atoms with Crippen LogP contribution in [-0.4, -0.2) is 19.6 Å². The number of imidazole rings is 1. The monoisotopic (exact) mass is 246 g/mol. The second kappa shape index (κ2) is 3.53. The van der Waals surface area contributed by atoms with Crippen molar-refractivity contribution in [2.45, 2.75) is 13.8 Å². The highest BCUT2D eigenvalue weighted by Crippen LogP contribution is 2.17. The zero-order valence-electron chi connectivity index (χ0n) is 9.39. The van der Waals surface area contributed by atoms with Gasteiger partial charge < -0.3 is 4.98 Å². The number of nitrogens with one attached hydrogen (secondary N) is 1. The third-order valence-electron chi connectivity index (χ3n) is 2.63. The number of H-pyrrole nitrogens is 1. The average Bonchev–Trinajstić information content (AvgIpc) is 2.88. The molecule has 6 heteroatoms. The summed E-state index contributed by atoms with van der Waals surface area (Å²) in [5.74, 6) is 1.30. The van der Waals surface area contributed by atoms with Gasteiger partial charge in [0.1, 0.15) is 5.82 Å². The smallest absolute Gasteiger partial charge is 0.277 e. The highest BCUT2D eigenvalue weighted by atomic mass is 32.1. The van der Waals surface area contributed by atoms with Crippen molar-refractivity contribution >= 4 is 16.9 Å². The Kier molecular flexibility index (Phi) is 2.12. The van der Waals surface area contributed by atoms with Crippen LogP contribution in [-0.2, 0) is 0 Å². The summed E-state index contributed by atoms with van der Waals surface area (Å²) in [4.78, 5) is 19.0. The van der Waals surface area contributed by atoms with Gasteiger partial charge in [-0.15, -0.1) is 5.10 Å². The quantitative estimate of drug-likeness (QED) is 0.711. The van der Waals surface area contributed by atoms with Crippen LogP contribution in [0.15, 0.2) is 21.6 Å². The SMILES string of the molecule is Cc1nc(C)n2nc(-c3ccsc3)[nH]c(=O)c12. The Labute approximate surface area is 101 Å². The highest BCUT2D eigenvalue weighted by molar-refractivity contribution is 7.08. The molecule has 1 N–H and O–H groups in total. The molecule has 0 atom stereocenters. The molecule has 3 aromatic heterocycles. The molecule has 86 valence electrons. The van der Waals surface area contributed by atoms with Crippen LogP contribution in [0.1, 0.15) is 11.5 Å². The summed E-state index contributed by atoms with van der Waals surface area (Å²) >= 11 is 1.57. The Hall–Kier alpha value is -1.95. The lowest BCUT2D eigenvalue weighted by Gasteiger charge is -1.99. The maximum atomic E-state index is 12.0. The van der Waals surface area contributed by atoms with E-state index < -0.39 is 0 Å². The van der Waals surface area contributed by atoms with Crippen LogP contribution < -0.4 is 5.56 Å². The molecular weight excluding hydrogens is 236 g/mol. The van der Waals surface area contributed by atoms with Crippen molar-refractivity contribution in [3.05, 3.63) is 38.7 Å². The molecule has 0 saturated heterocycles. The van der Waals surface area contributed by atoms with Crippen LogP contribution in [0.25, 0.3) is 16.9 Å². The Bertz CT molecular complexity index is 739. The topological polar surface area (TPSA) is 63.1 Å². The van der Waals surface area contributed by atoms with Crippen LogP contribution in [0.5, 0.6) is 0 Å². The van der Waals surface area contributed by atoms with Crippen LogP contribution in [0.3, 0.4) is 0 Å². The Balaban J connectivity index is 2.39. The fourth-order valence-electron chi connectivity index (χ4n) is 1.86. The van der Waals surface area contributed by atoms with Crippen molar-refractivity contribution in [1.29, 1.82) is 0 Å². The lowest BCUT2D eigenvalue weighted by molar-refractivity contribution is 0.851.